The predicted octanol–water partition coefficient (Wildman–Crippen LogP) is 2.08. The lowest BCUT2D eigenvalue weighted by atomic mass is 10.2. The second kappa shape index (κ2) is 5.46. The third-order valence-corrected chi connectivity index (χ3v) is 2.39. The molecule has 0 spiro atoms. The van der Waals surface area contributed by atoms with Crippen molar-refractivity contribution in [3.05, 3.63) is 41.6 Å². The summed E-state index contributed by atoms with van der Waals surface area (Å²) in [5, 5.41) is 16.5. The molecule has 0 aliphatic rings. The number of nitrogens with zero attached hydrogens (tertiary/aromatic N) is 2. The van der Waals surface area contributed by atoms with Crippen LogP contribution in [0.4, 0.5) is 0 Å². The van der Waals surface area contributed by atoms with Gasteiger partial charge in [0.15, 0.2) is 11.5 Å². The summed E-state index contributed by atoms with van der Waals surface area (Å²) in [7, 11) is 1.59. The first-order chi connectivity index (χ1) is 8.72. The van der Waals surface area contributed by atoms with Gasteiger partial charge in [-0.25, -0.2) is 0 Å². The van der Waals surface area contributed by atoms with Crippen LogP contribution in [-0.4, -0.2) is 22.4 Å². The molecule has 0 bridgehead atoms. The van der Waals surface area contributed by atoms with E-state index in [4.69, 9.17) is 14.6 Å². The molecule has 0 aliphatic carbocycles. The normalized spacial score (nSPS) is 10.2. The maximum absolute atomic E-state index is 8.87. The van der Waals surface area contributed by atoms with Crippen molar-refractivity contribution in [1.82, 2.24) is 10.2 Å². The van der Waals surface area contributed by atoms with Crippen molar-refractivity contribution in [2.45, 2.75) is 13.5 Å². The Balaban J connectivity index is 2.22. The van der Waals surface area contributed by atoms with Crippen molar-refractivity contribution in [2.75, 3.05) is 7.11 Å². The molecule has 2 aromatic rings. The summed E-state index contributed by atoms with van der Waals surface area (Å²) < 4.78 is 10.8. The Morgan fingerprint density at radius 3 is 2.56 bits per heavy atom. The molecule has 5 heteroatoms. The average molecular weight is 246 g/mol. The number of methoxy groups -OCH3 is 1. The van der Waals surface area contributed by atoms with Gasteiger partial charge in [-0.2, -0.15) is 0 Å². The van der Waals surface area contributed by atoms with Crippen LogP contribution in [-0.2, 0) is 6.61 Å². The van der Waals surface area contributed by atoms with Gasteiger partial charge in [-0.3, -0.25) is 0 Å². The quantitative estimate of drug-likeness (QED) is 0.894. The van der Waals surface area contributed by atoms with E-state index in [1.807, 2.05) is 25.1 Å². The maximum atomic E-state index is 8.87. The van der Waals surface area contributed by atoms with Gasteiger partial charge in [-0.1, -0.05) is 6.07 Å². The molecule has 0 unspecified atom stereocenters. The van der Waals surface area contributed by atoms with E-state index < -0.39 is 0 Å². The third-order valence-electron chi connectivity index (χ3n) is 2.39. The van der Waals surface area contributed by atoms with Crippen molar-refractivity contribution in [3.63, 3.8) is 0 Å². The largest absolute Gasteiger partial charge is 0.493 e. The number of aliphatic hydroxyl groups excluding tert-OH is 1. The highest BCUT2D eigenvalue weighted by atomic mass is 16.5. The number of rotatable bonds is 4. The van der Waals surface area contributed by atoms with E-state index in [2.05, 4.69) is 10.2 Å². The van der Waals surface area contributed by atoms with Crippen LogP contribution < -0.4 is 9.47 Å². The van der Waals surface area contributed by atoms with Gasteiger partial charge in [0.25, 0.3) is 0 Å². The molecule has 1 N–H and O–H groups in total. The number of hydrogen-bond donors (Lipinski definition) is 1. The second-order valence-electron chi connectivity index (χ2n) is 3.78. The Morgan fingerprint density at radius 1 is 1.11 bits per heavy atom. The van der Waals surface area contributed by atoms with Gasteiger partial charge in [-0.05, 0) is 30.7 Å². The van der Waals surface area contributed by atoms with Crippen molar-refractivity contribution in [2.24, 2.45) is 0 Å². The molecule has 94 valence electrons. The lowest BCUT2D eigenvalue weighted by Crippen LogP contribution is -1.96. The van der Waals surface area contributed by atoms with Crippen LogP contribution in [0.15, 0.2) is 30.3 Å². The minimum atomic E-state index is -0.138. The zero-order valence-electron chi connectivity index (χ0n) is 10.3. The predicted molar refractivity (Wildman–Crippen MR) is 65.8 cm³/mol. The molecule has 0 atom stereocenters. The van der Waals surface area contributed by atoms with Gasteiger partial charge in [-0.15, -0.1) is 10.2 Å². The van der Waals surface area contributed by atoms with Gasteiger partial charge in [0.2, 0.25) is 5.88 Å². The van der Waals surface area contributed by atoms with Crippen LogP contribution >= 0.6 is 0 Å². The molecule has 0 saturated heterocycles. The maximum Gasteiger partial charge on any atom is 0.239 e. The smallest absolute Gasteiger partial charge is 0.239 e. The molecule has 1 heterocycles. The Kier molecular flexibility index (Phi) is 3.74. The first kappa shape index (κ1) is 12.3. The van der Waals surface area contributed by atoms with Crippen molar-refractivity contribution < 1.29 is 14.6 Å². The van der Waals surface area contributed by atoms with E-state index in [9.17, 15) is 0 Å². The lowest BCUT2D eigenvalue weighted by Gasteiger charge is -2.09. The molecule has 1 aromatic carbocycles. The van der Waals surface area contributed by atoms with Crippen LogP contribution in [0.25, 0.3) is 0 Å². The van der Waals surface area contributed by atoms with Crippen LogP contribution in [0, 0.1) is 6.92 Å². The molecular formula is C13H14N2O3. The van der Waals surface area contributed by atoms with Gasteiger partial charge < -0.3 is 14.6 Å². The van der Waals surface area contributed by atoms with E-state index in [1.54, 1.807) is 19.2 Å². The summed E-state index contributed by atoms with van der Waals surface area (Å²) in [5.41, 5.74) is 1.58. The number of hydrogen-bond acceptors (Lipinski definition) is 5. The minimum Gasteiger partial charge on any atom is -0.493 e. The highest BCUT2D eigenvalue weighted by Crippen LogP contribution is 2.31. The molecular weight excluding hydrogens is 232 g/mol. The molecule has 1 aromatic heterocycles. The topological polar surface area (TPSA) is 64.5 Å². The molecule has 0 saturated carbocycles. The second-order valence-corrected chi connectivity index (χ2v) is 3.78. The van der Waals surface area contributed by atoms with E-state index in [1.165, 1.54) is 0 Å². The SMILES string of the molecule is COc1cc(C)ccc1Oc1ccc(CO)nn1. The standard InChI is InChI=1S/C13H14N2O3/c1-9-3-5-11(12(7-9)17-2)18-13-6-4-10(8-16)14-15-13/h3-7,16H,8H2,1-2H3. The minimum absolute atomic E-state index is 0.138. The Bertz CT molecular complexity index is 526. The first-order valence-corrected chi connectivity index (χ1v) is 5.49. The fourth-order valence-electron chi connectivity index (χ4n) is 1.46. The summed E-state index contributed by atoms with van der Waals surface area (Å²) >= 11 is 0. The van der Waals surface area contributed by atoms with Gasteiger partial charge in [0.1, 0.15) is 0 Å². The number of aliphatic hydroxyl groups is 1. The van der Waals surface area contributed by atoms with E-state index in [0.29, 0.717) is 23.1 Å². The fourth-order valence-corrected chi connectivity index (χ4v) is 1.46. The molecule has 0 fully saturated rings. The van der Waals surface area contributed by atoms with Crippen LogP contribution in [0.1, 0.15) is 11.3 Å². The summed E-state index contributed by atoms with van der Waals surface area (Å²) in [4.78, 5) is 0. The van der Waals surface area contributed by atoms with Crippen molar-refractivity contribution >= 4 is 0 Å². The summed E-state index contributed by atoms with van der Waals surface area (Å²) in [6.07, 6.45) is 0. The Labute approximate surface area is 105 Å². The summed E-state index contributed by atoms with van der Waals surface area (Å²) in [6.45, 7) is 1.84. The molecule has 0 amide bonds. The van der Waals surface area contributed by atoms with Crippen LogP contribution in [0.5, 0.6) is 17.4 Å². The number of benzene rings is 1. The average Bonchev–Trinajstić information content (AvgIpc) is 2.41. The van der Waals surface area contributed by atoms with Crippen molar-refractivity contribution in [3.8, 4) is 17.4 Å². The fraction of sp³-hybridized carbons (Fsp3) is 0.231. The van der Waals surface area contributed by atoms with Gasteiger partial charge in [0.05, 0.1) is 19.4 Å². The van der Waals surface area contributed by atoms with Crippen LogP contribution in [0.3, 0.4) is 0 Å². The number of aryl methyl sites for hydroxylation is 1. The number of ether oxygens (including phenoxy) is 2. The summed E-state index contributed by atoms with van der Waals surface area (Å²) in [6, 6.07) is 8.93. The van der Waals surface area contributed by atoms with Crippen molar-refractivity contribution in [1.29, 1.82) is 0 Å². The molecule has 2 rings (SSSR count). The first-order valence-electron chi connectivity index (χ1n) is 5.49. The Hall–Kier alpha value is -2.14. The lowest BCUT2D eigenvalue weighted by molar-refractivity contribution is 0.274. The third kappa shape index (κ3) is 2.75. The highest BCUT2D eigenvalue weighted by molar-refractivity contribution is 5.44. The van der Waals surface area contributed by atoms with Gasteiger partial charge >= 0.3 is 0 Å². The van der Waals surface area contributed by atoms with Gasteiger partial charge in [0, 0.05) is 6.07 Å². The van der Waals surface area contributed by atoms with Crippen LogP contribution in [0.2, 0.25) is 0 Å². The zero-order chi connectivity index (χ0) is 13.0. The van der Waals surface area contributed by atoms with E-state index in [0.717, 1.165) is 5.56 Å². The van der Waals surface area contributed by atoms with E-state index in [-0.39, 0.29) is 6.61 Å². The monoisotopic (exact) mass is 246 g/mol. The molecule has 5 nitrogen and oxygen atoms in total. The Morgan fingerprint density at radius 2 is 1.94 bits per heavy atom. The zero-order valence-corrected chi connectivity index (χ0v) is 10.3. The highest BCUT2D eigenvalue weighted by Gasteiger charge is 2.07. The summed E-state index contributed by atoms with van der Waals surface area (Å²) in [5.74, 6) is 1.58. The molecule has 18 heavy (non-hydrogen) atoms. The molecule has 0 aliphatic heterocycles. The van der Waals surface area contributed by atoms with E-state index >= 15 is 0 Å². The number of aromatic nitrogens is 2. The molecule has 0 radical (unpaired) electrons.